The van der Waals surface area contributed by atoms with Crippen LogP contribution in [0.5, 0.6) is 0 Å². The molecule has 2 aliphatic rings. The molecular weight excluding hydrogens is 212 g/mol. The molecule has 1 fully saturated rings. The minimum Gasteiger partial charge on any atom is -0.312 e. The van der Waals surface area contributed by atoms with Gasteiger partial charge in [-0.2, -0.15) is 11.8 Å². The molecule has 76 valence electrons. The first kappa shape index (κ1) is 9.19. The summed E-state index contributed by atoms with van der Waals surface area (Å²) in [6.07, 6.45) is 4.76. The van der Waals surface area contributed by atoms with E-state index in [0.29, 0.717) is 5.41 Å². The number of hydrogen-bond acceptors (Lipinski definition) is 4. The van der Waals surface area contributed by atoms with Crippen LogP contribution in [0.4, 0.5) is 0 Å². The van der Waals surface area contributed by atoms with Crippen molar-refractivity contribution in [2.45, 2.75) is 24.8 Å². The summed E-state index contributed by atoms with van der Waals surface area (Å²) in [5.41, 5.74) is 1.88. The van der Waals surface area contributed by atoms with E-state index in [4.69, 9.17) is 0 Å². The van der Waals surface area contributed by atoms with Crippen LogP contribution in [-0.4, -0.2) is 22.4 Å². The highest BCUT2D eigenvalue weighted by Crippen LogP contribution is 2.42. The van der Waals surface area contributed by atoms with E-state index in [1.165, 1.54) is 29.9 Å². The summed E-state index contributed by atoms with van der Waals surface area (Å²) in [6, 6.07) is 0. The van der Waals surface area contributed by atoms with Crippen molar-refractivity contribution in [2.75, 3.05) is 18.1 Å². The van der Waals surface area contributed by atoms with E-state index in [0.717, 1.165) is 13.1 Å². The van der Waals surface area contributed by atoms with Gasteiger partial charge < -0.3 is 5.32 Å². The van der Waals surface area contributed by atoms with Gasteiger partial charge in [0, 0.05) is 40.9 Å². The maximum absolute atomic E-state index is 4.35. The topological polar surface area (TPSA) is 24.9 Å². The van der Waals surface area contributed by atoms with Crippen molar-refractivity contribution < 1.29 is 0 Å². The van der Waals surface area contributed by atoms with E-state index in [9.17, 15) is 0 Å². The summed E-state index contributed by atoms with van der Waals surface area (Å²) in [4.78, 5) is 1.57. The minimum atomic E-state index is 0.428. The average molecular weight is 226 g/mol. The third-order valence-electron chi connectivity index (χ3n) is 3.23. The van der Waals surface area contributed by atoms with Gasteiger partial charge in [0.2, 0.25) is 0 Å². The van der Waals surface area contributed by atoms with Crippen LogP contribution in [0, 0.1) is 0 Å². The normalized spacial score (nSPS) is 31.7. The second kappa shape index (κ2) is 3.51. The van der Waals surface area contributed by atoms with Crippen LogP contribution >= 0.6 is 23.3 Å². The minimum absolute atomic E-state index is 0.428. The van der Waals surface area contributed by atoms with E-state index in [2.05, 4.69) is 21.5 Å². The Morgan fingerprint density at radius 2 is 2.50 bits per heavy atom. The Kier molecular flexibility index (Phi) is 2.30. The second-order valence-electron chi connectivity index (χ2n) is 4.22. The van der Waals surface area contributed by atoms with Gasteiger partial charge in [0.15, 0.2) is 0 Å². The van der Waals surface area contributed by atoms with Crippen LogP contribution < -0.4 is 5.32 Å². The lowest BCUT2D eigenvalue weighted by atomic mass is 9.79. The molecule has 1 saturated heterocycles. The molecule has 0 bridgehead atoms. The molecule has 1 unspecified atom stereocenters. The van der Waals surface area contributed by atoms with Crippen molar-refractivity contribution in [1.29, 1.82) is 0 Å². The van der Waals surface area contributed by atoms with E-state index < -0.39 is 0 Å². The van der Waals surface area contributed by atoms with E-state index in [-0.39, 0.29) is 0 Å². The highest BCUT2D eigenvalue weighted by atomic mass is 32.2. The van der Waals surface area contributed by atoms with Crippen molar-refractivity contribution in [3.05, 3.63) is 16.6 Å². The van der Waals surface area contributed by atoms with Crippen LogP contribution in [0.25, 0.3) is 0 Å². The fourth-order valence-electron chi connectivity index (χ4n) is 2.51. The Morgan fingerprint density at radius 1 is 1.50 bits per heavy atom. The summed E-state index contributed by atoms with van der Waals surface area (Å²) in [5.74, 6) is 2.63. The Balaban J connectivity index is 2.01. The number of thioether (sulfide) groups is 1. The first-order valence-corrected chi connectivity index (χ1v) is 7.06. The monoisotopic (exact) mass is 226 g/mol. The summed E-state index contributed by atoms with van der Waals surface area (Å²) in [5, 5.41) is 3.54. The van der Waals surface area contributed by atoms with Gasteiger partial charge in [-0.3, -0.25) is 0 Å². The molecule has 0 aromatic carbocycles. The lowest BCUT2D eigenvalue weighted by molar-refractivity contribution is 0.380. The zero-order valence-corrected chi connectivity index (χ0v) is 9.72. The largest absolute Gasteiger partial charge is 0.312 e. The fourth-order valence-corrected chi connectivity index (χ4v) is 4.84. The molecule has 2 nitrogen and oxygen atoms in total. The van der Waals surface area contributed by atoms with Gasteiger partial charge >= 0.3 is 0 Å². The van der Waals surface area contributed by atoms with Crippen LogP contribution in [-0.2, 0) is 12.0 Å². The maximum atomic E-state index is 4.35. The zero-order chi connectivity index (χ0) is 9.43. The quantitative estimate of drug-likeness (QED) is 0.732. The smallest absolute Gasteiger partial charge is 0.0455 e. The molecule has 1 atom stereocenters. The van der Waals surface area contributed by atoms with Crippen LogP contribution in [0.15, 0.2) is 6.20 Å². The molecule has 14 heavy (non-hydrogen) atoms. The van der Waals surface area contributed by atoms with Gasteiger partial charge in [-0.15, -0.1) is 0 Å². The summed E-state index contributed by atoms with van der Waals surface area (Å²) >= 11 is 3.83. The molecule has 0 radical (unpaired) electrons. The Morgan fingerprint density at radius 3 is 3.36 bits per heavy atom. The molecule has 2 aliphatic heterocycles. The summed E-state index contributed by atoms with van der Waals surface area (Å²) in [7, 11) is 0. The first-order chi connectivity index (χ1) is 6.91. The number of rotatable bonds is 0. The molecule has 0 saturated carbocycles. The standard InChI is InChI=1S/C10H14N2S2/c1-2-10(7-13-3-1)6-11-4-8-5-12-14-9(8)10/h5,11H,1-4,6-7H2. The lowest BCUT2D eigenvalue weighted by Gasteiger charge is -2.39. The van der Waals surface area contributed by atoms with Gasteiger partial charge in [0.1, 0.15) is 0 Å². The molecule has 1 spiro atoms. The van der Waals surface area contributed by atoms with Gasteiger partial charge in [-0.05, 0) is 30.1 Å². The van der Waals surface area contributed by atoms with E-state index in [1.54, 1.807) is 16.4 Å². The molecule has 3 rings (SSSR count). The van der Waals surface area contributed by atoms with Crippen molar-refractivity contribution in [1.82, 2.24) is 9.69 Å². The molecule has 0 amide bonds. The molecule has 1 aromatic heterocycles. The number of hydrogen-bond donors (Lipinski definition) is 1. The third-order valence-corrected chi connectivity index (χ3v) is 5.65. The second-order valence-corrected chi connectivity index (χ2v) is 6.13. The fraction of sp³-hybridized carbons (Fsp3) is 0.700. The Labute approximate surface area is 92.6 Å². The molecule has 1 aromatic rings. The van der Waals surface area contributed by atoms with Crippen molar-refractivity contribution >= 4 is 23.3 Å². The highest BCUT2D eigenvalue weighted by molar-refractivity contribution is 7.99. The Bertz CT molecular complexity index is 329. The van der Waals surface area contributed by atoms with Crippen molar-refractivity contribution in [3.63, 3.8) is 0 Å². The number of fused-ring (bicyclic) bond motifs is 2. The highest BCUT2D eigenvalue weighted by Gasteiger charge is 2.39. The molecule has 1 N–H and O–H groups in total. The molecule has 3 heterocycles. The van der Waals surface area contributed by atoms with Gasteiger partial charge in [-0.1, -0.05) is 0 Å². The Hall–Kier alpha value is -0.0600. The molecular formula is C10H14N2S2. The van der Waals surface area contributed by atoms with Crippen molar-refractivity contribution in [2.24, 2.45) is 0 Å². The third kappa shape index (κ3) is 1.32. The lowest BCUT2D eigenvalue weighted by Crippen LogP contribution is -2.45. The van der Waals surface area contributed by atoms with Gasteiger partial charge in [0.05, 0.1) is 0 Å². The first-order valence-electron chi connectivity index (χ1n) is 5.13. The zero-order valence-electron chi connectivity index (χ0n) is 8.08. The number of nitrogens with zero attached hydrogens (tertiary/aromatic N) is 1. The molecule has 4 heteroatoms. The predicted molar refractivity (Wildman–Crippen MR) is 62.1 cm³/mol. The number of nitrogens with one attached hydrogen (secondary N) is 1. The van der Waals surface area contributed by atoms with Gasteiger partial charge in [0.25, 0.3) is 0 Å². The predicted octanol–water partition coefficient (Wildman–Crippen LogP) is 2.01. The van der Waals surface area contributed by atoms with Crippen LogP contribution in [0.2, 0.25) is 0 Å². The molecule has 0 aliphatic carbocycles. The van der Waals surface area contributed by atoms with Crippen LogP contribution in [0.3, 0.4) is 0 Å². The average Bonchev–Trinajstić information content (AvgIpc) is 2.69. The summed E-state index contributed by atoms with van der Waals surface area (Å²) < 4.78 is 4.35. The van der Waals surface area contributed by atoms with E-state index >= 15 is 0 Å². The van der Waals surface area contributed by atoms with E-state index in [1.807, 2.05) is 6.20 Å². The SMILES string of the molecule is c1nsc2c1CNCC21CCCSC1. The van der Waals surface area contributed by atoms with Gasteiger partial charge in [-0.25, -0.2) is 4.37 Å². The maximum Gasteiger partial charge on any atom is 0.0455 e. The van der Waals surface area contributed by atoms with Crippen LogP contribution in [0.1, 0.15) is 23.3 Å². The number of aromatic nitrogens is 1. The van der Waals surface area contributed by atoms with Crippen molar-refractivity contribution in [3.8, 4) is 0 Å². The summed E-state index contributed by atoms with van der Waals surface area (Å²) in [6.45, 7) is 2.19.